The molecule has 1 heterocycles. The lowest BCUT2D eigenvalue weighted by Crippen LogP contribution is -2.26. The highest BCUT2D eigenvalue weighted by Crippen LogP contribution is 2.40. The molecule has 0 saturated heterocycles. The van der Waals surface area contributed by atoms with Crippen LogP contribution in [0, 0.1) is 11.3 Å². The normalized spacial score (nSPS) is 21.5. The van der Waals surface area contributed by atoms with Crippen LogP contribution in [0.1, 0.15) is 43.2 Å². The fraction of sp³-hybridized carbons (Fsp3) is 0.692. The van der Waals surface area contributed by atoms with Gasteiger partial charge in [0.05, 0.1) is 6.61 Å². The van der Waals surface area contributed by atoms with Gasteiger partial charge in [0.25, 0.3) is 0 Å². The summed E-state index contributed by atoms with van der Waals surface area (Å²) in [6.07, 6.45) is 3.65. The first-order chi connectivity index (χ1) is 7.02. The number of hydrogen-bond acceptors (Lipinski definition) is 2. The first kappa shape index (κ1) is 11.2. The molecular formula is C13H20OS. The molecule has 0 bridgehead atoms. The van der Waals surface area contributed by atoms with Crippen molar-refractivity contribution in [2.75, 3.05) is 0 Å². The average molecular weight is 224 g/mol. The zero-order chi connectivity index (χ0) is 11.1. The van der Waals surface area contributed by atoms with Gasteiger partial charge >= 0.3 is 0 Å². The third kappa shape index (κ3) is 2.11. The molecule has 2 heteroatoms. The maximum atomic E-state index is 9.21. The van der Waals surface area contributed by atoms with Crippen molar-refractivity contribution in [3.8, 4) is 0 Å². The highest BCUT2D eigenvalue weighted by Gasteiger charge is 2.30. The topological polar surface area (TPSA) is 20.2 Å². The van der Waals surface area contributed by atoms with Crippen molar-refractivity contribution < 1.29 is 5.11 Å². The standard InChI is InChI=1S/C13H20OS/c1-13(2,3)10-4-5-11-9(7-14)8-15-12(11)6-10/h8,10,14H,4-7H2,1-3H3. The number of aliphatic hydroxyl groups is 1. The summed E-state index contributed by atoms with van der Waals surface area (Å²) >= 11 is 1.84. The Kier molecular flexibility index (Phi) is 2.91. The summed E-state index contributed by atoms with van der Waals surface area (Å²) in [5, 5.41) is 11.3. The molecule has 0 aliphatic heterocycles. The van der Waals surface area contributed by atoms with Crippen LogP contribution in [0.4, 0.5) is 0 Å². The molecule has 1 aromatic heterocycles. The summed E-state index contributed by atoms with van der Waals surface area (Å²) in [5.41, 5.74) is 3.03. The molecule has 0 radical (unpaired) electrons. The van der Waals surface area contributed by atoms with Crippen LogP contribution < -0.4 is 0 Å². The van der Waals surface area contributed by atoms with Crippen molar-refractivity contribution >= 4 is 11.3 Å². The van der Waals surface area contributed by atoms with Crippen LogP contribution in [0.2, 0.25) is 0 Å². The van der Waals surface area contributed by atoms with Gasteiger partial charge in [-0.05, 0) is 47.1 Å². The van der Waals surface area contributed by atoms with E-state index >= 15 is 0 Å². The molecule has 1 atom stereocenters. The molecule has 1 nitrogen and oxygen atoms in total. The van der Waals surface area contributed by atoms with Gasteiger partial charge in [0.2, 0.25) is 0 Å². The van der Waals surface area contributed by atoms with E-state index < -0.39 is 0 Å². The summed E-state index contributed by atoms with van der Waals surface area (Å²) < 4.78 is 0. The summed E-state index contributed by atoms with van der Waals surface area (Å²) in [6, 6.07) is 0. The van der Waals surface area contributed by atoms with E-state index in [0.29, 0.717) is 5.41 Å². The largest absolute Gasteiger partial charge is 0.392 e. The second-order valence-electron chi connectivity index (χ2n) is 5.63. The van der Waals surface area contributed by atoms with Crippen LogP contribution >= 0.6 is 11.3 Å². The van der Waals surface area contributed by atoms with Gasteiger partial charge in [-0.25, -0.2) is 0 Å². The van der Waals surface area contributed by atoms with Gasteiger partial charge in [-0.2, -0.15) is 0 Å². The molecule has 0 fully saturated rings. The summed E-state index contributed by atoms with van der Waals surface area (Å²) in [7, 11) is 0. The van der Waals surface area contributed by atoms with E-state index in [0.717, 1.165) is 12.3 Å². The predicted molar refractivity (Wildman–Crippen MR) is 65.2 cm³/mol. The predicted octanol–water partition coefficient (Wildman–Crippen LogP) is 3.39. The minimum absolute atomic E-state index is 0.214. The molecule has 84 valence electrons. The monoisotopic (exact) mass is 224 g/mol. The lowest BCUT2D eigenvalue weighted by Gasteiger charge is -2.34. The Morgan fingerprint density at radius 2 is 2.20 bits per heavy atom. The smallest absolute Gasteiger partial charge is 0.0692 e. The van der Waals surface area contributed by atoms with Gasteiger partial charge in [-0.15, -0.1) is 11.3 Å². The molecule has 0 amide bonds. The highest BCUT2D eigenvalue weighted by molar-refractivity contribution is 7.10. The zero-order valence-electron chi connectivity index (χ0n) is 9.84. The van der Waals surface area contributed by atoms with Gasteiger partial charge < -0.3 is 5.11 Å². The molecule has 0 saturated carbocycles. The maximum absolute atomic E-state index is 9.21. The summed E-state index contributed by atoms with van der Waals surface area (Å²) in [5.74, 6) is 0.801. The van der Waals surface area contributed by atoms with Crippen LogP contribution in [0.25, 0.3) is 0 Å². The van der Waals surface area contributed by atoms with E-state index in [9.17, 15) is 5.11 Å². The molecule has 1 N–H and O–H groups in total. The third-order valence-electron chi connectivity index (χ3n) is 3.64. The Labute approximate surface area is 96.1 Å². The molecule has 1 aromatic rings. The van der Waals surface area contributed by atoms with E-state index in [1.165, 1.54) is 28.8 Å². The van der Waals surface area contributed by atoms with Crippen LogP contribution in [-0.2, 0) is 19.4 Å². The Morgan fingerprint density at radius 1 is 1.47 bits per heavy atom. The first-order valence-corrected chi connectivity index (χ1v) is 6.59. The van der Waals surface area contributed by atoms with Crippen molar-refractivity contribution in [1.82, 2.24) is 0 Å². The van der Waals surface area contributed by atoms with Gasteiger partial charge in [0, 0.05) is 4.88 Å². The van der Waals surface area contributed by atoms with Gasteiger partial charge in [-0.3, -0.25) is 0 Å². The number of fused-ring (bicyclic) bond motifs is 1. The molecule has 1 unspecified atom stereocenters. The van der Waals surface area contributed by atoms with Crippen molar-refractivity contribution in [2.24, 2.45) is 11.3 Å². The molecule has 15 heavy (non-hydrogen) atoms. The summed E-state index contributed by atoms with van der Waals surface area (Å²) in [6.45, 7) is 7.22. The van der Waals surface area contributed by atoms with Gasteiger partial charge in [-0.1, -0.05) is 20.8 Å². The van der Waals surface area contributed by atoms with E-state index in [-0.39, 0.29) is 6.61 Å². The number of aliphatic hydroxyl groups excluding tert-OH is 1. The minimum atomic E-state index is 0.214. The van der Waals surface area contributed by atoms with Crippen molar-refractivity contribution in [3.05, 3.63) is 21.4 Å². The molecule has 0 aromatic carbocycles. The number of hydrogen-bond donors (Lipinski definition) is 1. The molecule has 0 spiro atoms. The minimum Gasteiger partial charge on any atom is -0.392 e. The van der Waals surface area contributed by atoms with Gasteiger partial charge in [0.1, 0.15) is 0 Å². The number of rotatable bonds is 1. The van der Waals surface area contributed by atoms with E-state index in [1.54, 1.807) is 0 Å². The Balaban J connectivity index is 2.21. The quantitative estimate of drug-likeness (QED) is 0.775. The fourth-order valence-electron chi connectivity index (χ4n) is 2.45. The molecule has 1 aliphatic carbocycles. The van der Waals surface area contributed by atoms with E-state index in [4.69, 9.17) is 0 Å². The molecule has 2 rings (SSSR count). The van der Waals surface area contributed by atoms with Crippen LogP contribution in [0.3, 0.4) is 0 Å². The second-order valence-corrected chi connectivity index (χ2v) is 6.59. The average Bonchev–Trinajstić information content (AvgIpc) is 2.58. The first-order valence-electron chi connectivity index (χ1n) is 5.71. The third-order valence-corrected chi connectivity index (χ3v) is 4.74. The van der Waals surface area contributed by atoms with E-state index in [1.807, 2.05) is 11.3 Å². The Bertz CT molecular complexity index is 346. The highest BCUT2D eigenvalue weighted by atomic mass is 32.1. The summed E-state index contributed by atoms with van der Waals surface area (Å²) in [4.78, 5) is 1.52. The molecular weight excluding hydrogens is 204 g/mol. The SMILES string of the molecule is CC(C)(C)C1CCc2c(CO)csc2C1. The maximum Gasteiger partial charge on any atom is 0.0692 e. The Morgan fingerprint density at radius 3 is 2.80 bits per heavy atom. The Hall–Kier alpha value is -0.340. The van der Waals surface area contributed by atoms with Crippen molar-refractivity contribution in [2.45, 2.75) is 46.6 Å². The van der Waals surface area contributed by atoms with Crippen molar-refractivity contribution in [3.63, 3.8) is 0 Å². The lowest BCUT2D eigenvalue weighted by atomic mass is 9.72. The fourth-order valence-corrected chi connectivity index (χ4v) is 3.63. The van der Waals surface area contributed by atoms with Gasteiger partial charge in [0.15, 0.2) is 0 Å². The van der Waals surface area contributed by atoms with Crippen LogP contribution in [0.15, 0.2) is 5.38 Å². The van der Waals surface area contributed by atoms with E-state index in [2.05, 4.69) is 26.2 Å². The van der Waals surface area contributed by atoms with Crippen molar-refractivity contribution in [1.29, 1.82) is 0 Å². The molecule has 1 aliphatic rings. The second kappa shape index (κ2) is 3.91. The lowest BCUT2D eigenvalue weighted by molar-refractivity contribution is 0.216. The van der Waals surface area contributed by atoms with Crippen LogP contribution in [0.5, 0.6) is 0 Å². The van der Waals surface area contributed by atoms with Crippen LogP contribution in [-0.4, -0.2) is 5.11 Å². The zero-order valence-corrected chi connectivity index (χ0v) is 10.7. The number of thiophene rings is 1.